The molecule has 4 N–H and O–H groups in total. The Morgan fingerprint density at radius 2 is 2.05 bits per heavy atom. The van der Waals surface area contributed by atoms with Gasteiger partial charge < -0.3 is 16.3 Å². The first-order valence-corrected chi connectivity index (χ1v) is 6.66. The summed E-state index contributed by atoms with van der Waals surface area (Å²) in [6.07, 6.45) is 0. The van der Waals surface area contributed by atoms with Gasteiger partial charge in [-0.25, -0.2) is 4.39 Å². The second kappa shape index (κ2) is 6.38. The van der Waals surface area contributed by atoms with E-state index in [0.717, 1.165) is 5.56 Å². The maximum atomic E-state index is 13.4. The van der Waals surface area contributed by atoms with Crippen LogP contribution in [0.5, 0.6) is 0 Å². The summed E-state index contributed by atoms with van der Waals surface area (Å²) in [5.74, 6) is -0.288. The first-order chi connectivity index (χ1) is 9.61. The Bertz CT molecular complexity index is 646. The van der Waals surface area contributed by atoms with Gasteiger partial charge >= 0.3 is 0 Å². The van der Waals surface area contributed by atoms with Crippen LogP contribution in [0.15, 0.2) is 52.1 Å². The molecule has 4 nitrogen and oxygen atoms in total. The summed E-state index contributed by atoms with van der Waals surface area (Å²) in [5, 5.41) is 14.8. The fourth-order valence-electron chi connectivity index (χ4n) is 1.78. The Kier molecular flexibility index (Phi) is 4.57. The second-order valence-electron chi connectivity index (χ2n) is 4.12. The van der Waals surface area contributed by atoms with E-state index in [1.165, 1.54) is 6.07 Å². The van der Waals surface area contributed by atoms with Gasteiger partial charge in [0.1, 0.15) is 5.82 Å². The van der Waals surface area contributed by atoms with Crippen molar-refractivity contribution in [1.29, 1.82) is 0 Å². The van der Waals surface area contributed by atoms with Gasteiger partial charge in [0, 0.05) is 17.8 Å². The van der Waals surface area contributed by atoms with Crippen LogP contribution in [-0.2, 0) is 6.54 Å². The first-order valence-electron chi connectivity index (χ1n) is 5.86. The summed E-state index contributed by atoms with van der Waals surface area (Å²) in [6, 6.07) is 12.1. The lowest BCUT2D eigenvalue weighted by Gasteiger charge is -2.11. The van der Waals surface area contributed by atoms with E-state index in [1.54, 1.807) is 24.3 Å². The van der Waals surface area contributed by atoms with E-state index in [-0.39, 0.29) is 11.7 Å². The van der Waals surface area contributed by atoms with E-state index >= 15 is 0 Å². The molecule has 0 saturated heterocycles. The minimum atomic E-state index is -0.334. The van der Waals surface area contributed by atoms with E-state index in [2.05, 4.69) is 26.4 Å². The quantitative estimate of drug-likeness (QED) is 0.347. The molecule has 0 heterocycles. The summed E-state index contributed by atoms with van der Waals surface area (Å²) in [7, 11) is 0. The number of nitrogens with two attached hydrogens (primary N) is 1. The van der Waals surface area contributed by atoms with Crippen LogP contribution in [0.1, 0.15) is 11.1 Å². The first kappa shape index (κ1) is 14.3. The third-order valence-corrected chi connectivity index (χ3v) is 3.45. The molecule has 0 atom stereocenters. The summed E-state index contributed by atoms with van der Waals surface area (Å²) in [4.78, 5) is 0. The lowest BCUT2D eigenvalue weighted by atomic mass is 10.1. The van der Waals surface area contributed by atoms with Crippen molar-refractivity contribution in [2.75, 3.05) is 5.32 Å². The lowest BCUT2D eigenvalue weighted by molar-refractivity contribution is 0.318. The van der Waals surface area contributed by atoms with Crippen LogP contribution in [-0.4, -0.2) is 11.0 Å². The van der Waals surface area contributed by atoms with Crippen molar-refractivity contribution in [2.24, 2.45) is 10.9 Å². The molecule has 0 aliphatic carbocycles. The Balaban J connectivity index is 2.17. The number of hydrogen-bond donors (Lipinski definition) is 3. The molecule has 6 heteroatoms. The predicted octanol–water partition coefficient (Wildman–Crippen LogP) is 3.29. The molecule has 0 aromatic heterocycles. The summed E-state index contributed by atoms with van der Waals surface area (Å²) in [6.45, 7) is 0.438. The van der Waals surface area contributed by atoms with Crippen LogP contribution in [0.4, 0.5) is 10.1 Å². The van der Waals surface area contributed by atoms with Crippen molar-refractivity contribution in [1.82, 2.24) is 0 Å². The zero-order chi connectivity index (χ0) is 14.5. The molecule has 0 fully saturated rings. The fraction of sp³-hybridized carbons (Fsp3) is 0.0714. The van der Waals surface area contributed by atoms with Crippen molar-refractivity contribution >= 4 is 27.5 Å². The average Bonchev–Trinajstić information content (AvgIpc) is 2.48. The minimum Gasteiger partial charge on any atom is -0.409 e. The monoisotopic (exact) mass is 337 g/mol. The zero-order valence-corrected chi connectivity index (χ0v) is 12.1. The molecule has 20 heavy (non-hydrogen) atoms. The molecule has 0 radical (unpaired) electrons. The van der Waals surface area contributed by atoms with Gasteiger partial charge in [-0.2, -0.15) is 0 Å². The molecule has 0 amide bonds. The number of nitrogens with one attached hydrogen (secondary N) is 1. The zero-order valence-electron chi connectivity index (χ0n) is 10.5. The maximum absolute atomic E-state index is 13.4. The third-order valence-electron chi connectivity index (χ3n) is 2.80. The lowest BCUT2D eigenvalue weighted by Crippen LogP contribution is -2.16. The predicted molar refractivity (Wildman–Crippen MR) is 80.4 cm³/mol. The number of nitrogens with zero attached hydrogens (tertiary/aromatic N) is 1. The highest BCUT2D eigenvalue weighted by Crippen LogP contribution is 2.20. The third kappa shape index (κ3) is 3.27. The second-order valence-corrected chi connectivity index (χ2v) is 4.98. The van der Waals surface area contributed by atoms with E-state index in [4.69, 9.17) is 10.9 Å². The number of amidine groups is 1. The van der Waals surface area contributed by atoms with Crippen LogP contribution in [0.3, 0.4) is 0 Å². The Morgan fingerprint density at radius 1 is 1.30 bits per heavy atom. The van der Waals surface area contributed by atoms with Crippen LogP contribution in [0, 0.1) is 5.82 Å². The highest BCUT2D eigenvalue weighted by molar-refractivity contribution is 9.10. The number of halogens is 2. The van der Waals surface area contributed by atoms with Crippen molar-refractivity contribution in [3.8, 4) is 0 Å². The molecule has 2 aromatic rings. The van der Waals surface area contributed by atoms with Gasteiger partial charge in [0.25, 0.3) is 0 Å². The van der Waals surface area contributed by atoms with Gasteiger partial charge in [0.05, 0.1) is 4.47 Å². The number of benzene rings is 2. The summed E-state index contributed by atoms with van der Waals surface area (Å²) < 4.78 is 13.8. The van der Waals surface area contributed by atoms with Crippen LogP contribution >= 0.6 is 15.9 Å². The summed E-state index contributed by atoms with van der Waals surface area (Å²) >= 11 is 3.10. The van der Waals surface area contributed by atoms with Gasteiger partial charge in [-0.05, 0) is 39.7 Å². The van der Waals surface area contributed by atoms with Gasteiger partial charge in [-0.1, -0.05) is 29.4 Å². The molecule has 2 rings (SSSR count). The SMILES string of the molecule is NC(=NO)c1ccccc1CNc1ccc(Br)c(F)c1. The van der Waals surface area contributed by atoms with Crippen LogP contribution in [0.25, 0.3) is 0 Å². The molecule has 0 saturated carbocycles. The molecule has 0 spiro atoms. The Labute approximate surface area is 124 Å². The van der Waals surface area contributed by atoms with Crippen molar-refractivity contribution in [3.63, 3.8) is 0 Å². The van der Waals surface area contributed by atoms with Crippen LogP contribution < -0.4 is 11.1 Å². The van der Waals surface area contributed by atoms with Crippen LogP contribution in [0.2, 0.25) is 0 Å². The molecular weight excluding hydrogens is 325 g/mol. The molecule has 0 unspecified atom stereocenters. The number of anilines is 1. The molecule has 0 aliphatic rings. The minimum absolute atomic E-state index is 0.0457. The number of hydrogen-bond acceptors (Lipinski definition) is 3. The number of oxime groups is 1. The largest absolute Gasteiger partial charge is 0.409 e. The molecule has 104 valence electrons. The van der Waals surface area contributed by atoms with E-state index < -0.39 is 0 Å². The smallest absolute Gasteiger partial charge is 0.170 e. The van der Waals surface area contributed by atoms with E-state index in [9.17, 15) is 4.39 Å². The van der Waals surface area contributed by atoms with Gasteiger partial charge in [0.15, 0.2) is 5.84 Å². The van der Waals surface area contributed by atoms with Gasteiger partial charge in [-0.15, -0.1) is 0 Å². The average molecular weight is 338 g/mol. The molecular formula is C14H13BrFN3O. The van der Waals surface area contributed by atoms with E-state index in [1.807, 2.05) is 12.1 Å². The topological polar surface area (TPSA) is 70.6 Å². The van der Waals surface area contributed by atoms with E-state index in [0.29, 0.717) is 22.3 Å². The fourth-order valence-corrected chi connectivity index (χ4v) is 2.03. The van der Waals surface area contributed by atoms with Crippen molar-refractivity contribution in [2.45, 2.75) is 6.54 Å². The van der Waals surface area contributed by atoms with Crippen molar-refractivity contribution < 1.29 is 9.60 Å². The number of rotatable bonds is 4. The highest BCUT2D eigenvalue weighted by Gasteiger charge is 2.06. The van der Waals surface area contributed by atoms with Gasteiger partial charge in [-0.3, -0.25) is 0 Å². The maximum Gasteiger partial charge on any atom is 0.170 e. The normalized spacial score (nSPS) is 11.4. The van der Waals surface area contributed by atoms with Crippen molar-refractivity contribution in [3.05, 3.63) is 63.9 Å². The molecule has 0 aliphatic heterocycles. The van der Waals surface area contributed by atoms with Gasteiger partial charge in [0.2, 0.25) is 0 Å². The Morgan fingerprint density at radius 3 is 2.75 bits per heavy atom. The standard InChI is InChI=1S/C14H13BrFN3O/c15-12-6-5-10(7-13(12)16)18-8-9-3-1-2-4-11(9)14(17)19-20/h1-7,18,20H,8H2,(H2,17,19). The Hall–Kier alpha value is -2.08. The molecule has 0 bridgehead atoms. The highest BCUT2D eigenvalue weighted by atomic mass is 79.9. The summed E-state index contributed by atoms with van der Waals surface area (Å²) in [5.41, 5.74) is 7.76. The molecule has 2 aromatic carbocycles.